The maximum atomic E-state index is 12.8. The lowest BCUT2D eigenvalue weighted by Crippen LogP contribution is -2.44. The van der Waals surface area contributed by atoms with Crippen LogP contribution >= 0.6 is 0 Å². The van der Waals surface area contributed by atoms with E-state index in [1.54, 1.807) is 0 Å². The number of hydrogen-bond acceptors (Lipinski definition) is 8. The third kappa shape index (κ3) is 53.4. The molecule has 0 aromatic rings. The number of quaternary nitrogens is 1. The Morgan fingerprint density at radius 1 is 0.435 bits per heavy atom. The maximum Gasteiger partial charge on any atom is 0.306 e. The van der Waals surface area contributed by atoms with Gasteiger partial charge in [0.15, 0.2) is 12.4 Å². The van der Waals surface area contributed by atoms with Crippen LogP contribution in [-0.2, 0) is 33.3 Å². The molecule has 2 atom stereocenters. The van der Waals surface area contributed by atoms with Crippen LogP contribution in [-0.4, -0.2) is 82.3 Å². The third-order valence-electron chi connectivity index (χ3n) is 13.2. The van der Waals surface area contributed by atoms with Crippen molar-refractivity contribution in [2.24, 2.45) is 0 Å². The summed E-state index contributed by atoms with van der Waals surface area (Å²) in [7, 11) is 5.93. The first kappa shape index (κ1) is 66.8. The molecule has 0 bridgehead atoms. The number of carbonyl (C=O) groups is 3. The maximum absolute atomic E-state index is 12.8. The van der Waals surface area contributed by atoms with E-state index in [9.17, 15) is 19.5 Å². The highest BCUT2D eigenvalue weighted by atomic mass is 16.7. The number of carbonyl (C=O) groups excluding carboxylic acids is 3. The molecule has 0 aromatic heterocycles. The summed E-state index contributed by atoms with van der Waals surface area (Å²) in [4.78, 5) is 37.2. The van der Waals surface area contributed by atoms with Crippen LogP contribution in [0.4, 0.5) is 0 Å². The van der Waals surface area contributed by atoms with E-state index in [0.717, 1.165) is 44.9 Å². The van der Waals surface area contributed by atoms with E-state index in [-0.39, 0.29) is 32.2 Å². The van der Waals surface area contributed by atoms with Crippen LogP contribution in [0.5, 0.6) is 0 Å². The second-order valence-corrected chi connectivity index (χ2v) is 21.3. The summed E-state index contributed by atoms with van der Waals surface area (Å²) in [5.74, 6) is -2.26. The highest BCUT2D eigenvalue weighted by Gasteiger charge is 2.22. The fourth-order valence-corrected chi connectivity index (χ4v) is 8.63. The molecule has 0 saturated carbocycles. The Kier molecular flexibility index (Phi) is 50.4. The number of aliphatic carboxylic acids is 1. The van der Waals surface area contributed by atoms with E-state index >= 15 is 0 Å². The van der Waals surface area contributed by atoms with Crippen molar-refractivity contribution < 1.29 is 42.9 Å². The molecule has 0 aliphatic rings. The van der Waals surface area contributed by atoms with Gasteiger partial charge in [0.2, 0.25) is 0 Å². The number of esters is 2. The molecule has 69 heavy (non-hydrogen) atoms. The van der Waals surface area contributed by atoms with Crippen molar-refractivity contribution in [1.82, 2.24) is 0 Å². The smallest absolute Gasteiger partial charge is 0.306 e. The molecule has 9 heteroatoms. The molecular weight excluding hydrogens is 863 g/mol. The fourth-order valence-electron chi connectivity index (χ4n) is 8.63. The van der Waals surface area contributed by atoms with Gasteiger partial charge in [0.1, 0.15) is 13.2 Å². The minimum Gasteiger partial charge on any atom is -0.545 e. The Hall–Kier alpha value is -2.23. The van der Waals surface area contributed by atoms with Gasteiger partial charge in [0.05, 0.1) is 40.3 Å². The van der Waals surface area contributed by atoms with E-state index in [1.807, 2.05) is 21.1 Å². The van der Waals surface area contributed by atoms with Gasteiger partial charge in [-0.25, -0.2) is 0 Å². The minimum absolute atomic E-state index is 0.151. The van der Waals surface area contributed by atoms with Crippen molar-refractivity contribution in [3.8, 4) is 0 Å². The predicted octanol–water partition coefficient (Wildman–Crippen LogP) is 15.8. The van der Waals surface area contributed by atoms with E-state index in [1.165, 1.54) is 212 Å². The van der Waals surface area contributed by atoms with Crippen molar-refractivity contribution in [3.63, 3.8) is 0 Å². The topological polar surface area (TPSA) is 111 Å². The first-order valence-electron chi connectivity index (χ1n) is 29.5. The number of unbranched alkanes of at least 4 members (excludes halogenated alkanes) is 36. The minimum atomic E-state index is -1.62. The monoisotopic (exact) mass is 976 g/mol. The highest BCUT2D eigenvalue weighted by Crippen LogP contribution is 2.17. The van der Waals surface area contributed by atoms with Crippen LogP contribution in [0.15, 0.2) is 24.3 Å². The lowest BCUT2D eigenvalue weighted by atomic mass is 10.0. The quantitative estimate of drug-likeness (QED) is 0.0195. The number of allylic oxidation sites excluding steroid dienone is 4. The first-order chi connectivity index (χ1) is 33.6. The van der Waals surface area contributed by atoms with E-state index < -0.39 is 24.3 Å². The number of hydrogen-bond donors (Lipinski definition) is 0. The van der Waals surface area contributed by atoms with Crippen molar-refractivity contribution in [2.45, 2.75) is 296 Å². The molecule has 2 unspecified atom stereocenters. The Morgan fingerprint density at radius 2 is 0.783 bits per heavy atom. The van der Waals surface area contributed by atoms with Crippen molar-refractivity contribution in [1.29, 1.82) is 0 Å². The van der Waals surface area contributed by atoms with Crippen LogP contribution in [0, 0.1) is 0 Å². The van der Waals surface area contributed by atoms with Gasteiger partial charge in [-0.1, -0.05) is 250 Å². The normalized spacial score (nSPS) is 12.9. The Bertz CT molecular complexity index is 1180. The summed E-state index contributed by atoms with van der Waals surface area (Å²) in [5, 5.41) is 11.7. The molecule has 0 aromatic carbocycles. The van der Waals surface area contributed by atoms with Gasteiger partial charge < -0.3 is 33.3 Å². The van der Waals surface area contributed by atoms with E-state index in [4.69, 9.17) is 18.9 Å². The van der Waals surface area contributed by atoms with E-state index in [2.05, 4.69) is 38.2 Å². The number of carboxylic acids is 1. The van der Waals surface area contributed by atoms with Gasteiger partial charge in [0.25, 0.3) is 0 Å². The first-order valence-corrected chi connectivity index (χ1v) is 29.5. The molecule has 0 radical (unpaired) electrons. The Balaban J connectivity index is 4.07. The third-order valence-corrected chi connectivity index (χ3v) is 13.2. The summed E-state index contributed by atoms with van der Waals surface area (Å²) >= 11 is 0. The van der Waals surface area contributed by atoms with Crippen LogP contribution in [0.2, 0.25) is 0 Å². The molecule has 0 aliphatic carbocycles. The van der Waals surface area contributed by atoms with Crippen LogP contribution in [0.3, 0.4) is 0 Å². The van der Waals surface area contributed by atoms with Crippen molar-refractivity contribution >= 4 is 17.9 Å². The van der Waals surface area contributed by atoms with Crippen LogP contribution < -0.4 is 5.11 Å². The van der Waals surface area contributed by atoms with Crippen LogP contribution in [0.1, 0.15) is 284 Å². The Labute approximate surface area is 427 Å². The molecule has 0 saturated heterocycles. The zero-order valence-electron chi connectivity index (χ0n) is 46.2. The molecule has 406 valence electrons. The van der Waals surface area contributed by atoms with Gasteiger partial charge in [-0.05, 0) is 44.9 Å². The SMILES string of the molecule is CCCCCCC/C=C\C/C=C\CCCCCCCCCCCCCCCCCCCCCC(=O)OC(COC(=O)CCCCCCCCCCCCCCC)COC(OCC[N+](C)(C)C)C(=O)[O-]. The van der Waals surface area contributed by atoms with Gasteiger partial charge in [-0.2, -0.15) is 0 Å². The second-order valence-electron chi connectivity index (χ2n) is 21.3. The van der Waals surface area contributed by atoms with Gasteiger partial charge in [-0.15, -0.1) is 0 Å². The number of likely N-dealkylation sites (N-methyl/N-ethyl adjacent to an activating group) is 1. The highest BCUT2D eigenvalue weighted by molar-refractivity contribution is 5.70. The summed E-state index contributed by atoms with van der Waals surface area (Å²) in [6.45, 7) is 4.77. The van der Waals surface area contributed by atoms with Crippen molar-refractivity contribution in [3.05, 3.63) is 24.3 Å². The molecule has 0 heterocycles. The lowest BCUT2D eigenvalue weighted by molar-refractivity contribution is -0.870. The van der Waals surface area contributed by atoms with Crippen LogP contribution in [0.25, 0.3) is 0 Å². The van der Waals surface area contributed by atoms with Gasteiger partial charge >= 0.3 is 11.9 Å². The van der Waals surface area contributed by atoms with E-state index in [0.29, 0.717) is 17.4 Å². The van der Waals surface area contributed by atoms with Gasteiger partial charge in [-0.3, -0.25) is 9.59 Å². The molecule has 0 rings (SSSR count). The number of carboxylic acid groups (broad SMARTS) is 1. The number of rotatable bonds is 55. The standard InChI is InChI=1S/C60H113NO8/c1-6-8-10-12-14-16-18-20-21-22-23-24-25-26-27-28-29-30-31-32-33-34-35-36-37-39-41-43-45-47-49-51-58(63)69-56(55-68-60(59(64)65)66-53-52-61(3,4)5)54-67-57(62)50-48-46-44-42-40-38-19-17-15-13-11-9-7-2/h18,20,22-23,56,60H,6-17,19,21,24-55H2,1-5H3/b20-18-,23-22-. The van der Waals surface area contributed by atoms with Crippen molar-refractivity contribution in [2.75, 3.05) is 47.5 Å². The summed E-state index contributed by atoms with van der Waals surface area (Å²) in [6.07, 6.45) is 58.1. The average molecular weight is 977 g/mol. The summed E-state index contributed by atoms with van der Waals surface area (Å²) < 4.78 is 22.7. The predicted molar refractivity (Wildman–Crippen MR) is 288 cm³/mol. The molecule has 0 aliphatic heterocycles. The second kappa shape index (κ2) is 52.1. The zero-order valence-corrected chi connectivity index (χ0v) is 46.2. The molecule has 0 N–H and O–H groups in total. The molecule has 0 amide bonds. The zero-order chi connectivity index (χ0) is 50.6. The largest absolute Gasteiger partial charge is 0.545 e. The Morgan fingerprint density at radius 3 is 1.14 bits per heavy atom. The summed E-state index contributed by atoms with van der Waals surface area (Å²) in [5.41, 5.74) is 0. The average Bonchev–Trinajstić information content (AvgIpc) is 3.31. The lowest BCUT2D eigenvalue weighted by Gasteiger charge is -2.26. The molecule has 0 fully saturated rings. The molecular formula is C60H113NO8. The number of nitrogens with zero attached hydrogens (tertiary/aromatic N) is 1. The molecule has 0 spiro atoms. The van der Waals surface area contributed by atoms with Gasteiger partial charge in [0, 0.05) is 12.8 Å². The molecule has 9 nitrogen and oxygen atoms in total. The fraction of sp³-hybridized carbons (Fsp3) is 0.883. The number of ether oxygens (including phenoxy) is 4. The summed E-state index contributed by atoms with van der Waals surface area (Å²) in [6, 6.07) is 0.